The summed E-state index contributed by atoms with van der Waals surface area (Å²) < 4.78 is 5.52. The number of anilines is 1. The molecule has 0 fully saturated rings. The number of esters is 1. The first kappa shape index (κ1) is 10.8. The predicted molar refractivity (Wildman–Crippen MR) is 62.3 cm³/mol. The molecule has 80 valence electrons. The molecule has 1 aromatic carbocycles. The van der Waals surface area contributed by atoms with Gasteiger partial charge in [-0.2, -0.15) is 0 Å². The zero-order valence-corrected chi connectivity index (χ0v) is 10.4. The van der Waals surface area contributed by atoms with Gasteiger partial charge in [0.1, 0.15) is 6.04 Å². The third-order valence-electron chi connectivity index (χ3n) is 2.39. The number of fused-ring (bicyclic) bond motifs is 1. The van der Waals surface area contributed by atoms with Crippen molar-refractivity contribution in [2.75, 3.05) is 12.4 Å². The van der Waals surface area contributed by atoms with Crippen LogP contribution in [0.3, 0.4) is 0 Å². The van der Waals surface area contributed by atoms with Gasteiger partial charge >= 0.3 is 5.97 Å². The Hall–Kier alpha value is -0.740. The van der Waals surface area contributed by atoms with Crippen LogP contribution in [0.25, 0.3) is 0 Å². The number of benzene rings is 1. The Morgan fingerprint density at radius 2 is 2.40 bits per heavy atom. The monoisotopic (exact) mass is 289 g/mol. The number of halogens is 2. The highest BCUT2D eigenvalue weighted by Crippen LogP contribution is 2.34. The number of methoxy groups -OCH3 is 1. The van der Waals surface area contributed by atoms with Gasteiger partial charge in [-0.3, -0.25) is 0 Å². The van der Waals surface area contributed by atoms with Crippen molar-refractivity contribution >= 4 is 39.2 Å². The summed E-state index contributed by atoms with van der Waals surface area (Å²) >= 11 is 9.30. The van der Waals surface area contributed by atoms with Crippen LogP contribution in [0.4, 0.5) is 5.69 Å². The van der Waals surface area contributed by atoms with E-state index in [-0.39, 0.29) is 12.0 Å². The number of carbonyl (C=O) groups is 1. The van der Waals surface area contributed by atoms with Crippen LogP contribution in [0.15, 0.2) is 16.6 Å². The molecular weight excluding hydrogens is 281 g/mol. The van der Waals surface area contributed by atoms with Crippen molar-refractivity contribution in [2.45, 2.75) is 12.5 Å². The second-order valence-corrected chi connectivity index (χ2v) is 4.61. The summed E-state index contributed by atoms with van der Waals surface area (Å²) in [6.45, 7) is 0. The second-order valence-electron chi connectivity index (χ2n) is 3.35. The molecular formula is C10H9BrClNO2. The smallest absolute Gasteiger partial charge is 0.328 e. The molecule has 3 nitrogen and oxygen atoms in total. The summed E-state index contributed by atoms with van der Waals surface area (Å²) in [4.78, 5) is 11.3. The fourth-order valence-corrected chi connectivity index (χ4v) is 2.19. The summed E-state index contributed by atoms with van der Waals surface area (Å²) in [6, 6.07) is 3.44. The molecule has 0 saturated carbocycles. The molecule has 5 heteroatoms. The van der Waals surface area contributed by atoms with E-state index in [0.29, 0.717) is 11.4 Å². The quantitative estimate of drug-likeness (QED) is 0.808. The number of hydrogen-bond acceptors (Lipinski definition) is 3. The Morgan fingerprint density at radius 3 is 3.07 bits per heavy atom. The van der Waals surface area contributed by atoms with Gasteiger partial charge in [0.05, 0.1) is 12.1 Å². The molecule has 1 N–H and O–H groups in total. The third-order valence-corrected chi connectivity index (χ3v) is 3.58. The van der Waals surface area contributed by atoms with Gasteiger partial charge in [0.2, 0.25) is 0 Å². The highest BCUT2D eigenvalue weighted by Gasteiger charge is 2.27. The molecule has 0 bridgehead atoms. The summed E-state index contributed by atoms with van der Waals surface area (Å²) in [6.07, 6.45) is 0.637. The highest BCUT2D eigenvalue weighted by atomic mass is 79.9. The van der Waals surface area contributed by atoms with Crippen molar-refractivity contribution in [1.82, 2.24) is 0 Å². The zero-order chi connectivity index (χ0) is 11.0. The lowest BCUT2D eigenvalue weighted by molar-refractivity contribution is -0.141. The van der Waals surface area contributed by atoms with Crippen LogP contribution >= 0.6 is 27.5 Å². The van der Waals surface area contributed by atoms with E-state index in [1.807, 2.05) is 12.1 Å². The van der Waals surface area contributed by atoms with Crippen molar-refractivity contribution in [3.05, 3.63) is 27.2 Å². The molecule has 1 aliphatic rings. The van der Waals surface area contributed by atoms with E-state index in [1.54, 1.807) is 0 Å². The van der Waals surface area contributed by atoms with Crippen LogP contribution in [-0.2, 0) is 16.0 Å². The Balaban J connectivity index is 2.27. The lowest BCUT2D eigenvalue weighted by Gasteiger charge is -2.07. The maximum atomic E-state index is 11.3. The first-order valence-corrected chi connectivity index (χ1v) is 5.61. The minimum absolute atomic E-state index is 0.251. The van der Waals surface area contributed by atoms with E-state index in [2.05, 4.69) is 26.0 Å². The topological polar surface area (TPSA) is 38.3 Å². The van der Waals surface area contributed by atoms with E-state index >= 15 is 0 Å². The molecule has 0 spiro atoms. The minimum atomic E-state index is -0.296. The van der Waals surface area contributed by atoms with Crippen LogP contribution in [0.5, 0.6) is 0 Å². The molecule has 2 rings (SSSR count). The molecule has 15 heavy (non-hydrogen) atoms. The van der Waals surface area contributed by atoms with E-state index in [0.717, 1.165) is 15.7 Å². The van der Waals surface area contributed by atoms with Gasteiger partial charge < -0.3 is 10.1 Å². The molecule has 1 aliphatic heterocycles. The number of nitrogens with one attached hydrogen (secondary N) is 1. The van der Waals surface area contributed by atoms with Crippen molar-refractivity contribution in [1.29, 1.82) is 0 Å². The second kappa shape index (κ2) is 4.02. The van der Waals surface area contributed by atoms with Crippen LogP contribution in [-0.4, -0.2) is 19.1 Å². The lowest BCUT2D eigenvalue weighted by atomic mass is 10.1. The van der Waals surface area contributed by atoms with E-state index in [1.165, 1.54) is 7.11 Å². The third kappa shape index (κ3) is 1.96. The average Bonchev–Trinajstić information content (AvgIpc) is 2.60. The molecule has 1 atom stereocenters. The summed E-state index contributed by atoms with van der Waals surface area (Å²) in [5.74, 6) is -0.251. The van der Waals surface area contributed by atoms with E-state index in [4.69, 9.17) is 11.6 Å². The fourth-order valence-electron chi connectivity index (χ4n) is 1.63. The number of hydrogen-bond donors (Lipinski definition) is 1. The van der Waals surface area contributed by atoms with Crippen LogP contribution < -0.4 is 5.32 Å². The first-order chi connectivity index (χ1) is 7.11. The molecule has 0 aromatic heterocycles. The SMILES string of the molecule is COC(=O)C1Cc2cc(Br)c(Cl)cc2N1. The van der Waals surface area contributed by atoms with E-state index in [9.17, 15) is 4.79 Å². The number of carbonyl (C=O) groups excluding carboxylic acids is 1. The maximum absolute atomic E-state index is 11.3. The molecule has 1 heterocycles. The fraction of sp³-hybridized carbons (Fsp3) is 0.300. The zero-order valence-electron chi connectivity index (χ0n) is 8.01. The van der Waals surface area contributed by atoms with Gasteiger partial charge in [0.25, 0.3) is 0 Å². The van der Waals surface area contributed by atoms with Crippen molar-refractivity contribution in [3.63, 3.8) is 0 Å². The standard InChI is InChI=1S/C10H9BrClNO2/c1-15-10(14)9-3-5-2-6(11)7(12)4-8(5)13-9/h2,4,9,13H,3H2,1H3. The Morgan fingerprint density at radius 1 is 1.67 bits per heavy atom. The Bertz CT molecular complexity index is 391. The summed E-state index contributed by atoms with van der Waals surface area (Å²) in [7, 11) is 1.38. The van der Waals surface area contributed by atoms with Crippen LogP contribution in [0.1, 0.15) is 5.56 Å². The molecule has 0 aliphatic carbocycles. The van der Waals surface area contributed by atoms with Gasteiger partial charge in [0.15, 0.2) is 0 Å². The lowest BCUT2D eigenvalue weighted by Crippen LogP contribution is -2.27. The largest absolute Gasteiger partial charge is 0.467 e. The molecule has 1 unspecified atom stereocenters. The Labute approximate surface area is 101 Å². The van der Waals surface area contributed by atoms with Gasteiger partial charge in [-0.1, -0.05) is 11.6 Å². The van der Waals surface area contributed by atoms with Gasteiger partial charge in [0, 0.05) is 16.6 Å². The van der Waals surface area contributed by atoms with Crippen molar-refractivity contribution in [2.24, 2.45) is 0 Å². The highest BCUT2D eigenvalue weighted by molar-refractivity contribution is 9.10. The van der Waals surface area contributed by atoms with Crippen molar-refractivity contribution in [3.8, 4) is 0 Å². The molecule has 0 radical (unpaired) electrons. The van der Waals surface area contributed by atoms with Gasteiger partial charge in [-0.05, 0) is 33.6 Å². The van der Waals surface area contributed by atoms with Crippen molar-refractivity contribution < 1.29 is 9.53 Å². The molecule has 1 aromatic rings. The number of rotatable bonds is 1. The Kier molecular flexibility index (Phi) is 2.89. The average molecular weight is 291 g/mol. The van der Waals surface area contributed by atoms with E-state index < -0.39 is 0 Å². The summed E-state index contributed by atoms with van der Waals surface area (Å²) in [5, 5.41) is 3.70. The number of ether oxygens (including phenoxy) is 1. The molecule has 0 saturated heterocycles. The van der Waals surface area contributed by atoms with Crippen LogP contribution in [0, 0.1) is 0 Å². The predicted octanol–water partition coefficient (Wildman–Crippen LogP) is 2.61. The van der Waals surface area contributed by atoms with Gasteiger partial charge in [-0.25, -0.2) is 4.79 Å². The normalized spacial score (nSPS) is 18.2. The minimum Gasteiger partial charge on any atom is -0.467 e. The van der Waals surface area contributed by atoms with Gasteiger partial charge in [-0.15, -0.1) is 0 Å². The summed E-state index contributed by atoms with van der Waals surface area (Å²) in [5.41, 5.74) is 1.97. The maximum Gasteiger partial charge on any atom is 0.328 e. The van der Waals surface area contributed by atoms with Crippen LogP contribution in [0.2, 0.25) is 5.02 Å². The first-order valence-electron chi connectivity index (χ1n) is 4.44. The molecule has 0 amide bonds.